The lowest BCUT2D eigenvalue weighted by Crippen LogP contribution is -2.07. The average Bonchev–Trinajstić information content (AvgIpc) is 2.16. The SMILES string of the molecule is CCOCCOCCCC(=O)OC. The van der Waals surface area contributed by atoms with Crippen LogP contribution in [0.2, 0.25) is 0 Å². The minimum Gasteiger partial charge on any atom is -0.469 e. The van der Waals surface area contributed by atoms with Gasteiger partial charge in [0.25, 0.3) is 0 Å². The van der Waals surface area contributed by atoms with Crippen molar-refractivity contribution in [3.63, 3.8) is 0 Å². The summed E-state index contributed by atoms with van der Waals surface area (Å²) in [6, 6.07) is 0. The average molecular weight is 190 g/mol. The van der Waals surface area contributed by atoms with Gasteiger partial charge in [-0.25, -0.2) is 0 Å². The molecule has 0 amide bonds. The predicted octanol–water partition coefficient (Wildman–Crippen LogP) is 0.993. The first-order valence-electron chi connectivity index (χ1n) is 4.53. The molecule has 0 aromatic heterocycles. The fraction of sp³-hybridized carbons (Fsp3) is 0.889. The number of carbonyl (C=O) groups excluding carboxylic acids is 1. The molecule has 78 valence electrons. The molecule has 0 aromatic carbocycles. The van der Waals surface area contributed by atoms with E-state index in [0.29, 0.717) is 39.3 Å². The normalized spacial score (nSPS) is 10.0. The lowest BCUT2D eigenvalue weighted by molar-refractivity contribution is -0.141. The fourth-order valence-electron chi connectivity index (χ4n) is 0.785. The third-order valence-corrected chi connectivity index (χ3v) is 1.47. The van der Waals surface area contributed by atoms with Crippen molar-refractivity contribution in [3.8, 4) is 0 Å². The third kappa shape index (κ3) is 9.30. The summed E-state index contributed by atoms with van der Waals surface area (Å²) in [6.07, 6.45) is 1.13. The quantitative estimate of drug-likeness (QED) is 0.423. The highest BCUT2D eigenvalue weighted by Gasteiger charge is 1.98. The first-order valence-corrected chi connectivity index (χ1v) is 4.53. The van der Waals surface area contributed by atoms with Crippen LogP contribution in [0.5, 0.6) is 0 Å². The molecular formula is C9H18O4. The summed E-state index contributed by atoms with van der Waals surface area (Å²) < 4.78 is 14.7. The minimum atomic E-state index is -0.187. The minimum absolute atomic E-state index is 0.187. The number of rotatable bonds is 8. The Morgan fingerprint density at radius 2 is 1.85 bits per heavy atom. The monoisotopic (exact) mass is 190 g/mol. The first kappa shape index (κ1) is 12.4. The van der Waals surface area contributed by atoms with Gasteiger partial charge in [0.2, 0.25) is 0 Å². The number of hydrogen-bond acceptors (Lipinski definition) is 4. The highest BCUT2D eigenvalue weighted by Crippen LogP contribution is 1.92. The molecule has 0 aliphatic heterocycles. The van der Waals surface area contributed by atoms with Crippen LogP contribution in [0.3, 0.4) is 0 Å². The van der Waals surface area contributed by atoms with Gasteiger partial charge in [-0.05, 0) is 13.3 Å². The van der Waals surface area contributed by atoms with Crippen molar-refractivity contribution in [3.05, 3.63) is 0 Å². The summed E-state index contributed by atoms with van der Waals surface area (Å²) in [7, 11) is 1.39. The lowest BCUT2D eigenvalue weighted by Gasteiger charge is -2.03. The smallest absolute Gasteiger partial charge is 0.305 e. The maximum Gasteiger partial charge on any atom is 0.305 e. The molecule has 0 fully saturated rings. The van der Waals surface area contributed by atoms with Crippen LogP contribution in [0.25, 0.3) is 0 Å². The van der Waals surface area contributed by atoms with Crippen molar-refractivity contribution in [2.45, 2.75) is 19.8 Å². The second kappa shape index (κ2) is 9.48. The highest BCUT2D eigenvalue weighted by molar-refractivity contribution is 5.68. The van der Waals surface area contributed by atoms with Gasteiger partial charge in [-0.15, -0.1) is 0 Å². The second-order valence-electron chi connectivity index (χ2n) is 2.49. The summed E-state index contributed by atoms with van der Waals surface area (Å²) in [5, 5.41) is 0. The van der Waals surface area contributed by atoms with Gasteiger partial charge in [0, 0.05) is 19.6 Å². The van der Waals surface area contributed by atoms with Crippen molar-refractivity contribution in [1.82, 2.24) is 0 Å². The zero-order chi connectivity index (χ0) is 9.94. The maximum atomic E-state index is 10.6. The summed E-state index contributed by atoms with van der Waals surface area (Å²) in [4.78, 5) is 10.6. The van der Waals surface area contributed by atoms with Gasteiger partial charge in [-0.2, -0.15) is 0 Å². The number of esters is 1. The Balaban J connectivity index is 2.95. The van der Waals surface area contributed by atoms with Crippen LogP contribution in [0, 0.1) is 0 Å². The molecule has 0 rings (SSSR count). The highest BCUT2D eigenvalue weighted by atomic mass is 16.5. The van der Waals surface area contributed by atoms with E-state index in [1.807, 2.05) is 6.92 Å². The number of methoxy groups -OCH3 is 1. The van der Waals surface area contributed by atoms with E-state index in [2.05, 4.69) is 4.74 Å². The van der Waals surface area contributed by atoms with Gasteiger partial charge in [-0.1, -0.05) is 0 Å². The van der Waals surface area contributed by atoms with Crippen LogP contribution < -0.4 is 0 Å². The Bertz CT molecular complexity index is 125. The van der Waals surface area contributed by atoms with E-state index in [9.17, 15) is 4.79 Å². The Morgan fingerprint density at radius 1 is 1.15 bits per heavy atom. The van der Waals surface area contributed by atoms with Crippen molar-refractivity contribution >= 4 is 5.97 Å². The van der Waals surface area contributed by atoms with E-state index in [0.717, 1.165) is 0 Å². The van der Waals surface area contributed by atoms with Gasteiger partial charge in [-0.3, -0.25) is 4.79 Å². The van der Waals surface area contributed by atoms with E-state index in [4.69, 9.17) is 9.47 Å². The molecule has 0 bridgehead atoms. The van der Waals surface area contributed by atoms with Gasteiger partial charge in [0.1, 0.15) is 0 Å². The molecule has 4 nitrogen and oxygen atoms in total. The van der Waals surface area contributed by atoms with Crippen molar-refractivity contribution < 1.29 is 19.0 Å². The second-order valence-corrected chi connectivity index (χ2v) is 2.49. The molecule has 0 spiro atoms. The molecule has 13 heavy (non-hydrogen) atoms. The summed E-state index contributed by atoms with van der Waals surface area (Å²) >= 11 is 0. The Kier molecular flexibility index (Phi) is 9.03. The van der Waals surface area contributed by atoms with Gasteiger partial charge < -0.3 is 14.2 Å². The summed E-state index contributed by atoms with van der Waals surface area (Å²) in [5.74, 6) is -0.187. The first-order chi connectivity index (χ1) is 6.31. The molecular weight excluding hydrogens is 172 g/mol. The van der Waals surface area contributed by atoms with Gasteiger partial charge >= 0.3 is 5.97 Å². The lowest BCUT2D eigenvalue weighted by atomic mass is 10.3. The zero-order valence-corrected chi connectivity index (χ0v) is 8.38. The molecule has 0 aromatic rings. The van der Waals surface area contributed by atoms with Crippen LogP contribution in [0.4, 0.5) is 0 Å². The number of hydrogen-bond donors (Lipinski definition) is 0. The fourth-order valence-corrected chi connectivity index (χ4v) is 0.785. The van der Waals surface area contributed by atoms with Crippen LogP contribution in [-0.2, 0) is 19.0 Å². The molecule has 0 unspecified atom stereocenters. The largest absolute Gasteiger partial charge is 0.469 e. The molecule has 0 heterocycles. The number of carbonyl (C=O) groups is 1. The van der Waals surface area contributed by atoms with Crippen molar-refractivity contribution in [2.75, 3.05) is 33.5 Å². The van der Waals surface area contributed by atoms with Gasteiger partial charge in [0.05, 0.1) is 20.3 Å². The molecule has 0 atom stereocenters. The summed E-state index contributed by atoms with van der Waals surface area (Å²) in [5.41, 5.74) is 0. The standard InChI is InChI=1S/C9H18O4/c1-3-12-7-8-13-6-4-5-9(10)11-2/h3-8H2,1-2H3. The molecule has 0 saturated carbocycles. The van der Waals surface area contributed by atoms with Crippen LogP contribution >= 0.6 is 0 Å². The topological polar surface area (TPSA) is 44.8 Å². The van der Waals surface area contributed by atoms with Gasteiger partial charge in [0.15, 0.2) is 0 Å². The Labute approximate surface area is 79.2 Å². The number of ether oxygens (including phenoxy) is 3. The van der Waals surface area contributed by atoms with Crippen LogP contribution in [-0.4, -0.2) is 39.5 Å². The van der Waals surface area contributed by atoms with E-state index in [1.165, 1.54) is 7.11 Å². The zero-order valence-electron chi connectivity index (χ0n) is 8.38. The van der Waals surface area contributed by atoms with Crippen molar-refractivity contribution in [2.24, 2.45) is 0 Å². The molecule has 0 aliphatic rings. The molecule has 0 radical (unpaired) electrons. The van der Waals surface area contributed by atoms with Crippen molar-refractivity contribution in [1.29, 1.82) is 0 Å². The molecule has 4 heteroatoms. The predicted molar refractivity (Wildman–Crippen MR) is 48.6 cm³/mol. The van der Waals surface area contributed by atoms with E-state index >= 15 is 0 Å². The van der Waals surface area contributed by atoms with E-state index < -0.39 is 0 Å². The van der Waals surface area contributed by atoms with E-state index in [-0.39, 0.29) is 5.97 Å². The van der Waals surface area contributed by atoms with Crippen LogP contribution in [0.15, 0.2) is 0 Å². The Hall–Kier alpha value is -0.610. The maximum absolute atomic E-state index is 10.6. The molecule has 0 saturated heterocycles. The summed E-state index contributed by atoms with van der Waals surface area (Å²) in [6.45, 7) is 4.45. The Morgan fingerprint density at radius 3 is 2.46 bits per heavy atom. The van der Waals surface area contributed by atoms with Crippen LogP contribution in [0.1, 0.15) is 19.8 Å². The molecule has 0 aliphatic carbocycles. The third-order valence-electron chi connectivity index (χ3n) is 1.47. The van der Waals surface area contributed by atoms with E-state index in [1.54, 1.807) is 0 Å². The molecule has 0 N–H and O–H groups in total.